The highest BCUT2D eigenvalue weighted by atomic mass is 19.4. The van der Waals surface area contributed by atoms with Crippen molar-refractivity contribution in [3.63, 3.8) is 0 Å². The van der Waals surface area contributed by atoms with Crippen LogP contribution in [0.3, 0.4) is 0 Å². The van der Waals surface area contributed by atoms with Gasteiger partial charge >= 0.3 is 18.2 Å². The van der Waals surface area contributed by atoms with E-state index < -0.39 is 90.1 Å². The summed E-state index contributed by atoms with van der Waals surface area (Å²) in [5.74, 6) is -4.39. The third-order valence-electron chi connectivity index (χ3n) is 8.50. The quantitative estimate of drug-likeness (QED) is 0.257. The minimum Gasteiger partial charge on any atom is -0.469 e. The van der Waals surface area contributed by atoms with E-state index in [2.05, 4.69) is 15.7 Å². The van der Waals surface area contributed by atoms with Crippen LogP contribution in [0.5, 0.6) is 5.88 Å². The second kappa shape index (κ2) is 17.0. The van der Waals surface area contributed by atoms with Gasteiger partial charge in [0.15, 0.2) is 18.1 Å². The van der Waals surface area contributed by atoms with E-state index in [4.69, 9.17) is 14.2 Å². The molecule has 2 saturated heterocycles. The Morgan fingerprint density at radius 3 is 2.29 bits per heavy atom. The van der Waals surface area contributed by atoms with E-state index in [0.717, 1.165) is 14.7 Å². The molecule has 0 aliphatic carbocycles. The summed E-state index contributed by atoms with van der Waals surface area (Å²) >= 11 is 0. The van der Waals surface area contributed by atoms with Crippen LogP contribution in [0.4, 0.5) is 18.0 Å². The number of carbonyl (C=O) groups excluding carboxylic acids is 6. The van der Waals surface area contributed by atoms with Gasteiger partial charge in [-0.05, 0) is 57.7 Å². The lowest BCUT2D eigenvalue weighted by molar-refractivity contribution is -0.176. The Balaban J connectivity index is 1.34. The average Bonchev–Trinajstić information content (AvgIpc) is 3.54. The maximum atomic E-state index is 14.0. The number of amides is 4. The van der Waals surface area contributed by atoms with Gasteiger partial charge in [-0.15, -0.1) is 0 Å². The average molecular weight is 771 g/mol. The smallest absolute Gasteiger partial charge is 0.435 e. The van der Waals surface area contributed by atoms with Crippen molar-refractivity contribution >= 4 is 35.6 Å². The Bertz CT molecular complexity index is 1880. The molecule has 3 aromatic rings. The molecule has 0 spiro atoms. The number of alkyl carbamates (subject to hydrolysis) is 1. The van der Waals surface area contributed by atoms with Crippen LogP contribution in [0.1, 0.15) is 64.1 Å². The fourth-order valence-electron chi connectivity index (χ4n) is 5.98. The van der Waals surface area contributed by atoms with Crippen LogP contribution < -0.4 is 15.4 Å². The molecule has 294 valence electrons. The topological polar surface area (TPSA) is 178 Å². The molecule has 2 aromatic carbocycles. The molecule has 55 heavy (non-hydrogen) atoms. The second-order valence-corrected chi connectivity index (χ2v) is 13.9. The van der Waals surface area contributed by atoms with Gasteiger partial charge in [-0.3, -0.25) is 29.0 Å². The Morgan fingerprint density at radius 1 is 0.964 bits per heavy atom. The van der Waals surface area contributed by atoms with Crippen LogP contribution >= 0.6 is 0 Å². The van der Waals surface area contributed by atoms with Crippen molar-refractivity contribution in [1.29, 1.82) is 0 Å². The molecule has 2 aliphatic heterocycles. The third-order valence-corrected chi connectivity index (χ3v) is 8.50. The van der Waals surface area contributed by atoms with E-state index in [0.29, 0.717) is 18.1 Å². The van der Waals surface area contributed by atoms with Gasteiger partial charge < -0.3 is 24.8 Å². The number of Topliss-reactive ketones (excluding diaryl/α,β-unsaturated/α-hetero) is 1. The van der Waals surface area contributed by atoms with E-state index in [-0.39, 0.29) is 38.1 Å². The summed E-state index contributed by atoms with van der Waals surface area (Å²) in [6.45, 7) is 3.89. The van der Waals surface area contributed by atoms with Gasteiger partial charge in [0.2, 0.25) is 17.7 Å². The number of aromatic nitrogens is 2. The first-order valence-corrected chi connectivity index (χ1v) is 17.5. The van der Waals surface area contributed by atoms with Crippen molar-refractivity contribution in [3.05, 3.63) is 78.0 Å². The fraction of sp³-hybridized carbons (Fsp3) is 0.432. The first-order chi connectivity index (χ1) is 26.0. The molecule has 2 N–H and O–H groups in total. The molecule has 4 amide bonds. The molecule has 0 radical (unpaired) electrons. The van der Waals surface area contributed by atoms with Crippen LogP contribution in [0, 0.1) is 0 Å². The van der Waals surface area contributed by atoms with Crippen molar-refractivity contribution < 1.29 is 56.1 Å². The van der Waals surface area contributed by atoms with E-state index in [1.165, 1.54) is 12.1 Å². The van der Waals surface area contributed by atoms with Crippen LogP contribution in [-0.4, -0.2) is 92.2 Å². The van der Waals surface area contributed by atoms with Gasteiger partial charge in [0.05, 0.1) is 12.1 Å². The fourth-order valence-corrected chi connectivity index (χ4v) is 5.98. The first-order valence-electron chi connectivity index (χ1n) is 17.5. The number of nitrogens with one attached hydrogen (secondary N) is 2. The number of para-hydroxylation sites is 1. The molecule has 0 unspecified atom stereocenters. The molecular formula is C37H41F3N6O9. The summed E-state index contributed by atoms with van der Waals surface area (Å²) in [7, 11) is 0. The highest BCUT2D eigenvalue weighted by Crippen LogP contribution is 2.32. The van der Waals surface area contributed by atoms with Crippen molar-refractivity contribution in [1.82, 2.24) is 30.4 Å². The lowest BCUT2D eigenvalue weighted by Crippen LogP contribution is -2.64. The Hall–Kier alpha value is -5.94. The van der Waals surface area contributed by atoms with Crippen LogP contribution in [0.25, 0.3) is 5.69 Å². The molecule has 18 heteroatoms. The van der Waals surface area contributed by atoms with Crippen molar-refractivity contribution in [2.45, 2.75) is 89.4 Å². The molecular weight excluding hydrogens is 729 g/mol. The molecule has 3 atom stereocenters. The van der Waals surface area contributed by atoms with Crippen molar-refractivity contribution in [2.75, 3.05) is 13.2 Å². The highest BCUT2D eigenvalue weighted by Gasteiger charge is 2.45. The second-order valence-electron chi connectivity index (χ2n) is 13.9. The minimum atomic E-state index is -4.84. The summed E-state index contributed by atoms with van der Waals surface area (Å²) in [5.41, 5.74) is -1.36. The summed E-state index contributed by atoms with van der Waals surface area (Å²) in [5, 5.41) is 10.6. The zero-order valence-electron chi connectivity index (χ0n) is 30.3. The number of ether oxygens (including phenoxy) is 3. The minimum absolute atomic E-state index is 0.0485. The van der Waals surface area contributed by atoms with Crippen molar-refractivity contribution in [3.8, 4) is 11.6 Å². The molecule has 0 saturated carbocycles. The van der Waals surface area contributed by atoms with E-state index >= 15 is 0 Å². The third kappa shape index (κ3) is 10.6. The van der Waals surface area contributed by atoms with E-state index in [1.807, 2.05) is 0 Å². The predicted molar refractivity (Wildman–Crippen MR) is 186 cm³/mol. The van der Waals surface area contributed by atoms with E-state index in [1.54, 1.807) is 69.3 Å². The molecule has 15 nitrogen and oxygen atoms in total. The van der Waals surface area contributed by atoms with Gasteiger partial charge in [-0.1, -0.05) is 48.5 Å². The Morgan fingerprint density at radius 2 is 1.64 bits per heavy atom. The molecule has 0 bridgehead atoms. The Kier molecular flexibility index (Phi) is 12.5. The highest BCUT2D eigenvalue weighted by molar-refractivity contribution is 5.97. The summed E-state index contributed by atoms with van der Waals surface area (Å²) < 4.78 is 57.9. The number of ketones is 1. The molecule has 2 fully saturated rings. The lowest BCUT2D eigenvalue weighted by Gasteiger charge is -2.43. The molecule has 2 aliphatic rings. The van der Waals surface area contributed by atoms with Crippen LogP contribution in [-0.2, 0) is 46.2 Å². The number of esters is 1. The summed E-state index contributed by atoms with van der Waals surface area (Å²) in [6, 6.07) is 12.9. The van der Waals surface area contributed by atoms with Gasteiger partial charge in [-0.2, -0.15) is 18.3 Å². The molecule has 3 heterocycles. The normalized spacial score (nSPS) is 18.1. The summed E-state index contributed by atoms with van der Waals surface area (Å²) in [6.07, 6.45) is -6.32. The van der Waals surface area contributed by atoms with Crippen LogP contribution in [0.2, 0.25) is 0 Å². The zero-order chi connectivity index (χ0) is 39.9. The number of hydrogen-bond donors (Lipinski definition) is 2. The number of hydrogen-bond acceptors (Lipinski definition) is 10. The number of hydrazine groups is 1. The first kappa shape index (κ1) is 40.2. The molecule has 1 aromatic heterocycles. The van der Waals surface area contributed by atoms with Gasteiger partial charge in [0, 0.05) is 19.0 Å². The van der Waals surface area contributed by atoms with Crippen molar-refractivity contribution in [2.24, 2.45) is 0 Å². The largest absolute Gasteiger partial charge is 0.469 e. The number of nitrogens with zero attached hydrogens (tertiary/aromatic N) is 4. The number of benzene rings is 2. The van der Waals surface area contributed by atoms with Gasteiger partial charge in [-0.25, -0.2) is 14.5 Å². The van der Waals surface area contributed by atoms with E-state index in [9.17, 15) is 41.9 Å². The maximum Gasteiger partial charge on any atom is 0.435 e. The SMILES string of the molecule is CC(C)(C)OC(=O)C[C@H](NC(=O)[C@@H]1CCCN2C(=O)CC[C@H](NC(=O)OCc3ccccc3)C(=O)N12)C(=O)COc1cc(C(F)(F)F)nn1-c1ccccc1. The Labute approximate surface area is 314 Å². The zero-order valence-corrected chi connectivity index (χ0v) is 30.3. The standard InChI is InChI=1S/C37H41F3N6O9/c1-36(2,3)55-32(49)19-26(28(47)22-53-31-20-29(37(38,39)40)43-45(31)24-13-8-5-9-14-24)41-33(50)27-15-10-18-44-30(48)17-16-25(34(51)46(27)44)42-35(52)54-21-23-11-6-4-7-12-23/h4-9,11-14,20,25-27H,10,15-19,21-22H2,1-3H3,(H,41,50)(H,42,52)/t25-,26-,27-/m0/s1. The monoisotopic (exact) mass is 770 g/mol. The number of alkyl halides is 3. The number of fused-ring (bicyclic) bond motifs is 1. The predicted octanol–water partition coefficient (Wildman–Crippen LogP) is 3.88. The van der Waals surface area contributed by atoms with Gasteiger partial charge in [0.25, 0.3) is 5.91 Å². The van der Waals surface area contributed by atoms with Crippen LogP contribution in [0.15, 0.2) is 66.7 Å². The number of carbonyl (C=O) groups is 6. The number of halogens is 3. The lowest BCUT2D eigenvalue weighted by atomic mass is 10.0. The maximum absolute atomic E-state index is 14.0. The molecule has 5 rings (SSSR count). The summed E-state index contributed by atoms with van der Waals surface area (Å²) in [4.78, 5) is 80.4. The number of rotatable bonds is 12. The van der Waals surface area contributed by atoms with Gasteiger partial charge in [0.1, 0.15) is 30.3 Å².